The number of amidine groups is 1. The summed E-state index contributed by atoms with van der Waals surface area (Å²) in [7, 11) is 0. The second kappa shape index (κ2) is 6.43. The van der Waals surface area contributed by atoms with E-state index in [-0.39, 0.29) is 5.25 Å². The molecule has 0 aromatic carbocycles. The lowest BCUT2D eigenvalue weighted by Gasteiger charge is -2.06. The second-order valence-corrected chi connectivity index (χ2v) is 4.51. The molecule has 1 aromatic rings. The third-order valence-corrected chi connectivity index (χ3v) is 3.39. The van der Waals surface area contributed by atoms with E-state index >= 15 is 0 Å². The maximum absolute atomic E-state index is 8.90. The highest BCUT2D eigenvalue weighted by atomic mass is 32.2. The molecule has 1 unspecified atom stereocenters. The number of nitrogens with two attached hydrogens (primary N) is 1. The van der Waals surface area contributed by atoms with Gasteiger partial charge in [0.05, 0.1) is 17.3 Å². The number of thioether (sulfide) groups is 1. The van der Waals surface area contributed by atoms with Crippen LogP contribution in [0, 0.1) is 11.3 Å². The molecular formula is C9H12N4S2. The van der Waals surface area contributed by atoms with Gasteiger partial charge in [0.1, 0.15) is 11.1 Å². The van der Waals surface area contributed by atoms with Gasteiger partial charge in [-0.25, -0.2) is 4.98 Å². The van der Waals surface area contributed by atoms with E-state index in [1.807, 2.05) is 12.3 Å². The Bertz CT molecular complexity index is 353. The van der Waals surface area contributed by atoms with Crippen LogP contribution in [-0.2, 0) is 5.75 Å². The minimum absolute atomic E-state index is 0.369. The molecule has 0 aliphatic heterocycles. The van der Waals surface area contributed by atoms with E-state index in [2.05, 4.69) is 16.0 Å². The van der Waals surface area contributed by atoms with Crippen molar-refractivity contribution in [3.63, 3.8) is 0 Å². The number of nitriles is 1. The van der Waals surface area contributed by atoms with E-state index < -0.39 is 0 Å². The maximum Gasteiger partial charge on any atom is 0.149 e. The van der Waals surface area contributed by atoms with Crippen molar-refractivity contribution in [2.24, 2.45) is 10.7 Å². The van der Waals surface area contributed by atoms with Gasteiger partial charge in [-0.2, -0.15) is 5.26 Å². The Morgan fingerprint density at radius 3 is 3.20 bits per heavy atom. The van der Waals surface area contributed by atoms with Gasteiger partial charge in [0.2, 0.25) is 0 Å². The molecule has 0 bridgehead atoms. The topological polar surface area (TPSA) is 75.1 Å². The van der Waals surface area contributed by atoms with Crippen molar-refractivity contribution in [3.8, 4) is 6.07 Å². The van der Waals surface area contributed by atoms with E-state index in [1.54, 1.807) is 16.8 Å². The van der Waals surface area contributed by atoms with Crippen LogP contribution in [0.3, 0.4) is 0 Å². The molecule has 4 nitrogen and oxygen atoms in total. The molecule has 0 amide bonds. The third kappa shape index (κ3) is 3.90. The molecule has 2 N–H and O–H groups in total. The number of aromatic nitrogens is 1. The first kappa shape index (κ1) is 12.0. The first-order valence-electron chi connectivity index (χ1n) is 4.46. The summed E-state index contributed by atoms with van der Waals surface area (Å²) in [6, 6.07) is 2.13. The van der Waals surface area contributed by atoms with Crippen molar-refractivity contribution in [2.75, 3.05) is 6.54 Å². The molecule has 1 aromatic heterocycles. The van der Waals surface area contributed by atoms with E-state index in [4.69, 9.17) is 11.0 Å². The van der Waals surface area contributed by atoms with Gasteiger partial charge >= 0.3 is 0 Å². The van der Waals surface area contributed by atoms with Crippen molar-refractivity contribution in [2.45, 2.75) is 17.9 Å². The fraction of sp³-hybridized carbons (Fsp3) is 0.444. The quantitative estimate of drug-likeness (QED) is 0.627. The Morgan fingerprint density at radius 1 is 1.87 bits per heavy atom. The molecule has 0 aliphatic carbocycles. The van der Waals surface area contributed by atoms with Gasteiger partial charge in [-0.1, -0.05) is 0 Å². The van der Waals surface area contributed by atoms with Crippen LogP contribution in [-0.4, -0.2) is 22.6 Å². The molecular weight excluding hydrogens is 228 g/mol. The lowest BCUT2D eigenvalue weighted by molar-refractivity contribution is 1.11. The van der Waals surface area contributed by atoms with Crippen molar-refractivity contribution in [1.82, 2.24) is 4.98 Å². The summed E-state index contributed by atoms with van der Waals surface area (Å²) in [6.07, 6.45) is 0. The lowest BCUT2D eigenvalue weighted by Crippen LogP contribution is -2.25. The fourth-order valence-electron chi connectivity index (χ4n) is 0.932. The van der Waals surface area contributed by atoms with Crippen molar-refractivity contribution >= 4 is 28.9 Å². The minimum atomic E-state index is -0.369. The molecule has 0 saturated heterocycles. The van der Waals surface area contributed by atoms with E-state index in [1.165, 1.54) is 11.8 Å². The zero-order valence-electron chi connectivity index (χ0n) is 8.38. The van der Waals surface area contributed by atoms with Crippen molar-refractivity contribution in [3.05, 3.63) is 16.6 Å². The maximum atomic E-state index is 8.90. The van der Waals surface area contributed by atoms with Crippen LogP contribution in [0.15, 0.2) is 15.9 Å². The summed E-state index contributed by atoms with van der Waals surface area (Å²) in [5.74, 6) is 1.10. The summed E-state index contributed by atoms with van der Waals surface area (Å²) in [4.78, 5) is 8.16. The predicted octanol–water partition coefficient (Wildman–Crippen LogP) is 1.65. The number of thiazole rings is 1. The summed E-state index contributed by atoms with van der Waals surface area (Å²) in [5, 5.41) is 10.5. The van der Waals surface area contributed by atoms with Crippen LogP contribution in [0.2, 0.25) is 0 Å². The zero-order valence-corrected chi connectivity index (χ0v) is 10.0. The van der Waals surface area contributed by atoms with Gasteiger partial charge in [-0.15, -0.1) is 23.1 Å². The van der Waals surface area contributed by atoms with Crippen LogP contribution in [0.5, 0.6) is 0 Å². The standard InChI is InChI=1S/C9H12N4S2/c1-2-12-9(11)8(3-10)15-5-7-4-14-6-13-7/h4,6,8H,2,5H2,1H3,(H2,11,12). The van der Waals surface area contributed by atoms with Gasteiger partial charge in [0.15, 0.2) is 0 Å². The van der Waals surface area contributed by atoms with Gasteiger partial charge < -0.3 is 5.73 Å². The first-order chi connectivity index (χ1) is 7.27. The number of aliphatic imine (C=N–C) groups is 1. The summed E-state index contributed by atoms with van der Waals surface area (Å²) in [5.41, 5.74) is 8.43. The average molecular weight is 240 g/mol. The number of rotatable bonds is 5. The second-order valence-electron chi connectivity index (χ2n) is 2.70. The molecule has 0 radical (unpaired) electrons. The largest absolute Gasteiger partial charge is 0.386 e. The molecule has 1 heterocycles. The normalized spacial score (nSPS) is 13.5. The Balaban J connectivity index is 2.49. The Morgan fingerprint density at radius 2 is 2.67 bits per heavy atom. The van der Waals surface area contributed by atoms with Crippen LogP contribution >= 0.6 is 23.1 Å². The first-order valence-corrected chi connectivity index (χ1v) is 6.45. The summed E-state index contributed by atoms with van der Waals surface area (Å²) >= 11 is 3.00. The number of hydrogen-bond donors (Lipinski definition) is 1. The van der Waals surface area contributed by atoms with Crippen LogP contribution in [0.25, 0.3) is 0 Å². The Kier molecular flexibility index (Phi) is 5.15. The van der Waals surface area contributed by atoms with Gasteiger partial charge in [0.25, 0.3) is 0 Å². The van der Waals surface area contributed by atoms with Gasteiger partial charge in [0, 0.05) is 17.7 Å². The van der Waals surface area contributed by atoms with Crippen molar-refractivity contribution in [1.29, 1.82) is 5.26 Å². The van der Waals surface area contributed by atoms with Crippen LogP contribution in [0.1, 0.15) is 12.6 Å². The third-order valence-electron chi connectivity index (χ3n) is 1.61. The lowest BCUT2D eigenvalue weighted by atomic mass is 10.4. The molecule has 6 heteroatoms. The highest BCUT2D eigenvalue weighted by Gasteiger charge is 2.12. The average Bonchev–Trinajstić information content (AvgIpc) is 2.72. The smallest absolute Gasteiger partial charge is 0.149 e. The Hall–Kier alpha value is -1.06. The minimum Gasteiger partial charge on any atom is -0.386 e. The monoisotopic (exact) mass is 240 g/mol. The highest BCUT2D eigenvalue weighted by molar-refractivity contribution is 8.00. The van der Waals surface area contributed by atoms with Crippen LogP contribution < -0.4 is 5.73 Å². The van der Waals surface area contributed by atoms with E-state index in [0.29, 0.717) is 18.1 Å². The molecule has 0 aliphatic rings. The summed E-state index contributed by atoms with van der Waals surface area (Å²) < 4.78 is 0. The predicted molar refractivity (Wildman–Crippen MR) is 65.0 cm³/mol. The fourth-order valence-corrected chi connectivity index (χ4v) is 2.41. The van der Waals surface area contributed by atoms with Gasteiger partial charge in [-0.3, -0.25) is 4.99 Å². The molecule has 80 valence electrons. The SMILES string of the molecule is CCN=C(N)C(C#N)SCc1cscn1. The zero-order chi connectivity index (χ0) is 11.1. The molecule has 1 atom stereocenters. The number of nitrogens with zero attached hydrogens (tertiary/aromatic N) is 3. The Labute approximate surface area is 97.2 Å². The molecule has 0 saturated carbocycles. The van der Waals surface area contributed by atoms with Crippen LogP contribution in [0.4, 0.5) is 0 Å². The molecule has 15 heavy (non-hydrogen) atoms. The molecule has 1 rings (SSSR count). The van der Waals surface area contributed by atoms with Crippen molar-refractivity contribution < 1.29 is 0 Å². The molecule has 0 spiro atoms. The van der Waals surface area contributed by atoms with E-state index in [9.17, 15) is 0 Å². The number of hydrogen-bond acceptors (Lipinski definition) is 5. The highest BCUT2D eigenvalue weighted by Crippen LogP contribution is 2.17. The van der Waals surface area contributed by atoms with Gasteiger partial charge in [-0.05, 0) is 6.92 Å². The molecule has 0 fully saturated rings. The summed E-state index contributed by atoms with van der Waals surface area (Å²) in [6.45, 7) is 2.51. The van der Waals surface area contributed by atoms with E-state index in [0.717, 1.165) is 5.69 Å².